The molecule has 0 amide bonds. The summed E-state index contributed by atoms with van der Waals surface area (Å²) in [5.74, 6) is -0.845. The van der Waals surface area contributed by atoms with Crippen molar-refractivity contribution < 1.29 is 20.1 Å². The van der Waals surface area contributed by atoms with E-state index in [4.69, 9.17) is 5.11 Å². The van der Waals surface area contributed by atoms with Crippen molar-refractivity contribution in [1.82, 2.24) is 0 Å². The van der Waals surface area contributed by atoms with Crippen LogP contribution in [0.3, 0.4) is 0 Å². The maximum Gasteiger partial charge on any atom is 0.303 e. The third-order valence-corrected chi connectivity index (χ3v) is 7.69. The summed E-state index contributed by atoms with van der Waals surface area (Å²) >= 11 is 0. The summed E-state index contributed by atoms with van der Waals surface area (Å²) in [6, 6.07) is 10.7. The Labute approximate surface area is 199 Å². The second kappa shape index (κ2) is 13.1. The normalized spacial score (nSPS) is 23.9. The molecule has 5 atom stereocenters. The van der Waals surface area contributed by atoms with E-state index in [0.717, 1.165) is 62.5 Å². The molecule has 1 saturated carbocycles. The van der Waals surface area contributed by atoms with Crippen LogP contribution in [0.25, 0.3) is 0 Å². The van der Waals surface area contributed by atoms with Crippen LogP contribution >= 0.6 is 0 Å². The SMILES string of the molecule is CCCCCC(O)C(C)(C)c1ccc(C2C(CCCCCCC(=O)O)[C@H](C#N)C[C@H]2O)cc1. The van der Waals surface area contributed by atoms with E-state index in [-0.39, 0.29) is 29.6 Å². The zero-order valence-electron chi connectivity index (χ0n) is 20.7. The van der Waals surface area contributed by atoms with Gasteiger partial charge in [0.2, 0.25) is 0 Å². The van der Waals surface area contributed by atoms with E-state index in [1.807, 2.05) is 0 Å². The van der Waals surface area contributed by atoms with Crippen LogP contribution in [0.1, 0.15) is 108 Å². The van der Waals surface area contributed by atoms with Crippen LogP contribution in [0.4, 0.5) is 0 Å². The smallest absolute Gasteiger partial charge is 0.303 e. The molecule has 33 heavy (non-hydrogen) atoms. The first-order chi connectivity index (χ1) is 15.7. The quantitative estimate of drug-likeness (QED) is 0.300. The molecule has 184 valence electrons. The number of hydrogen-bond acceptors (Lipinski definition) is 4. The lowest BCUT2D eigenvalue weighted by Crippen LogP contribution is -2.33. The van der Waals surface area contributed by atoms with E-state index in [0.29, 0.717) is 12.8 Å². The van der Waals surface area contributed by atoms with Crippen molar-refractivity contribution in [2.75, 3.05) is 0 Å². The van der Waals surface area contributed by atoms with Crippen molar-refractivity contribution in [3.63, 3.8) is 0 Å². The van der Waals surface area contributed by atoms with Crippen molar-refractivity contribution in [2.45, 2.75) is 115 Å². The fourth-order valence-electron chi connectivity index (χ4n) is 5.40. The molecule has 0 radical (unpaired) electrons. The molecule has 0 saturated heterocycles. The van der Waals surface area contributed by atoms with Gasteiger partial charge in [-0.3, -0.25) is 4.79 Å². The number of carbonyl (C=O) groups is 1. The number of aliphatic carboxylic acids is 1. The van der Waals surface area contributed by atoms with Crippen molar-refractivity contribution >= 4 is 5.97 Å². The van der Waals surface area contributed by atoms with Crippen molar-refractivity contribution in [2.24, 2.45) is 11.8 Å². The van der Waals surface area contributed by atoms with Gasteiger partial charge in [-0.15, -0.1) is 0 Å². The zero-order chi connectivity index (χ0) is 24.4. The maximum absolute atomic E-state index is 10.8. The molecule has 1 aromatic rings. The molecule has 5 nitrogen and oxygen atoms in total. The summed E-state index contributed by atoms with van der Waals surface area (Å²) in [4.78, 5) is 10.7. The van der Waals surface area contributed by atoms with Gasteiger partial charge in [-0.05, 0) is 42.7 Å². The molecule has 2 rings (SSSR count). The van der Waals surface area contributed by atoms with E-state index < -0.39 is 18.2 Å². The van der Waals surface area contributed by atoms with Gasteiger partial charge in [-0.25, -0.2) is 0 Å². The van der Waals surface area contributed by atoms with Gasteiger partial charge >= 0.3 is 5.97 Å². The number of carboxylic acids is 1. The van der Waals surface area contributed by atoms with Crippen LogP contribution in [0.5, 0.6) is 0 Å². The highest BCUT2D eigenvalue weighted by Crippen LogP contribution is 2.46. The van der Waals surface area contributed by atoms with Gasteiger partial charge in [-0.1, -0.05) is 83.6 Å². The average Bonchev–Trinajstić information content (AvgIpc) is 3.11. The Balaban J connectivity index is 2.05. The van der Waals surface area contributed by atoms with Gasteiger partial charge in [0, 0.05) is 17.8 Å². The van der Waals surface area contributed by atoms with Gasteiger partial charge in [-0.2, -0.15) is 5.26 Å². The first-order valence-corrected chi connectivity index (χ1v) is 12.8. The fourth-order valence-corrected chi connectivity index (χ4v) is 5.40. The second-order valence-corrected chi connectivity index (χ2v) is 10.4. The van der Waals surface area contributed by atoms with Crippen LogP contribution in [0.15, 0.2) is 24.3 Å². The van der Waals surface area contributed by atoms with E-state index in [9.17, 15) is 20.3 Å². The van der Waals surface area contributed by atoms with Crippen molar-refractivity contribution in [1.29, 1.82) is 5.26 Å². The average molecular weight is 458 g/mol. The molecule has 1 aliphatic rings. The molecule has 0 aliphatic heterocycles. The molecule has 1 aromatic carbocycles. The van der Waals surface area contributed by atoms with Crippen molar-refractivity contribution in [3.8, 4) is 6.07 Å². The Hall–Kier alpha value is -1.90. The van der Waals surface area contributed by atoms with E-state index in [1.54, 1.807) is 0 Å². The lowest BCUT2D eigenvalue weighted by molar-refractivity contribution is -0.137. The largest absolute Gasteiger partial charge is 0.481 e. The monoisotopic (exact) mass is 457 g/mol. The third-order valence-electron chi connectivity index (χ3n) is 7.69. The molecule has 0 spiro atoms. The minimum atomic E-state index is -0.751. The molecule has 0 heterocycles. The lowest BCUT2D eigenvalue weighted by Gasteiger charge is -2.32. The minimum absolute atomic E-state index is 0.0553. The highest BCUT2D eigenvalue weighted by Gasteiger charge is 2.43. The Kier molecular flexibility index (Phi) is 10.9. The highest BCUT2D eigenvalue weighted by molar-refractivity contribution is 5.66. The molecule has 5 heteroatoms. The Bertz CT molecular complexity index is 767. The number of aliphatic hydroxyl groups is 2. The summed E-state index contributed by atoms with van der Waals surface area (Å²) in [6.07, 6.45) is 8.23. The molecular formula is C28H43NO4. The number of benzene rings is 1. The lowest BCUT2D eigenvalue weighted by atomic mass is 9.76. The molecule has 3 N–H and O–H groups in total. The zero-order valence-corrected chi connectivity index (χ0v) is 20.7. The predicted octanol–water partition coefficient (Wildman–Crippen LogP) is 5.93. The summed E-state index contributed by atoms with van der Waals surface area (Å²) in [5.41, 5.74) is 1.82. The molecule has 1 fully saturated rings. The number of nitriles is 1. The predicted molar refractivity (Wildman–Crippen MR) is 131 cm³/mol. The fraction of sp³-hybridized carbons (Fsp3) is 0.714. The van der Waals surface area contributed by atoms with E-state index >= 15 is 0 Å². The Morgan fingerprint density at radius 2 is 1.79 bits per heavy atom. The van der Waals surface area contributed by atoms with Gasteiger partial charge < -0.3 is 15.3 Å². The maximum atomic E-state index is 10.8. The second-order valence-electron chi connectivity index (χ2n) is 10.4. The number of aliphatic hydroxyl groups excluding tert-OH is 2. The third kappa shape index (κ3) is 7.55. The van der Waals surface area contributed by atoms with Gasteiger partial charge in [0.15, 0.2) is 0 Å². The number of nitrogens with zero attached hydrogens (tertiary/aromatic N) is 1. The van der Waals surface area contributed by atoms with Crippen LogP contribution in [0, 0.1) is 23.2 Å². The molecule has 1 aliphatic carbocycles. The van der Waals surface area contributed by atoms with Gasteiger partial charge in [0.1, 0.15) is 0 Å². The summed E-state index contributed by atoms with van der Waals surface area (Å²) in [5, 5.41) is 40.0. The molecule has 0 bridgehead atoms. The van der Waals surface area contributed by atoms with Crippen LogP contribution in [-0.4, -0.2) is 33.5 Å². The minimum Gasteiger partial charge on any atom is -0.481 e. The summed E-state index contributed by atoms with van der Waals surface area (Å²) in [7, 11) is 0. The first kappa shape index (κ1) is 27.3. The van der Waals surface area contributed by atoms with Gasteiger partial charge in [0.05, 0.1) is 24.2 Å². The summed E-state index contributed by atoms with van der Waals surface area (Å²) in [6.45, 7) is 6.33. The number of carboxylic acid groups (broad SMARTS) is 1. The topological polar surface area (TPSA) is 102 Å². The van der Waals surface area contributed by atoms with E-state index in [2.05, 4.69) is 51.1 Å². The van der Waals surface area contributed by atoms with Crippen molar-refractivity contribution in [3.05, 3.63) is 35.4 Å². The van der Waals surface area contributed by atoms with Crippen LogP contribution in [-0.2, 0) is 10.2 Å². The van der Waals surface area contributed by atoms with Crippen LogP contribution < -0.4 is 0 Å². The first-order valence-electron chi connectivity index (χ1n) is 12.8. The van der Waals surface area contributed by atoms with E-state index in [1.165, 1.54) is 0 Å². The molecule has 0 aromatic heterocycles. The Morgan fingerprint density at radius 3 is 2.39 bits per heavy atom. The number of unbranched alkanes of at least 4 members (excludes halogenated alkanes) is 5. The Morgan fingerprint density at radius 1 is 1.12 bits per heavy atom. The number of rotatable bonds is 14. The molecular weight excluding hydrogens is 414 g/mol. The molecule has 3 unspecified atom stereocenters. The number of hydrogen-bond donors (Lipinski definition) is 3. The summed E-state index contributed by atoms with van der Waals surface area (Å²) < 4.78 is 0. The standard InChI is InChI=1S/C28H43NO4/c1-4-5-8-12-25(31)28(2,3)22-16-14-20(15-17-22)27-23(21(19-29)18-24(27)30)11-9-6-7-10-13-26(32)33/h14-17,21,23-25,27,30-31H,4-13,18H2,1-3H3,(H,32,33)/t21-,23?,24+,25?,27?/m0/s1. The van der Waals surface area contributed by atoms with Gasteiger partial charge in [0.25, 0.3) is 0 Å². The highest BCUT2D eigenvalue weighted by atomic mass is 16.4. The van der Waals surface area contributed by atoms with Crippen LogP contribution in [0.2, 0.25) is 0 Å².